The average molecular weight is 270 g/mol. The quantitative estimate of drug-likeness (QED) is 0.925. The largest absolute Gasteiger partial charge is 0.368 e. The molecule has 1 atom stereocenters. The summed E-state index contributed by atoms with van der Waals surface area (Å²) in [5.74, 6) is 0.272. The molecule has 0 aromatic carbocycles. The lowest BCUT2D eigenvalue weighted by Crippen LogP contribution is -2.14. The summed E-state index contributed by atoms with van der Waals surface area (Å²) in [7, 11) is 0. The van der Waals surface area contributed by atoms with Crippen LogP contribution in [0.1, 0.15) is 26.0 Å². The first kappa shape index (κ1) is 13.9. The molecule has 0 amide bonds. The topological polar surface area (TPSA) is 61.6 Å². The van der Waals surface area contributed by atoms with Gasteiger partial charge in [-0.2, -0.15) is 5.26 Å². The number of halogens is 1. The zero-order chi connectivity index (χ0) is 14.5. The Hall–Kier alpha value is -2.48. The number of anilines is 1. The van der Waals surface area contributed by atoms with Crippen molar-refractivity contribution in [2.24, 2.45) is 0 Å². The molecule has 0 aliphatic heterocycles. The summed E-state index contributed by atoms with van der Waals surface area (Å²) in [6, 6.07) is 8.34. The van der Waals surface area contributed by atoms with Crippen molar-refractivity contribution in [1.82, 2.24) is 9.97 Å². The fourth-order valence-corrected chi connectivity index (χ4v) is 1.68. The van der Waals surface area contributed by atoms with E-state index in [1.807, 2.05) is 6.07 Å². The van der Waals surface area contributed by atoms with Crippen LogP contribution in [0.5, 0.6) is 0 Å². The predicted octanol–water partition coefficient (Wildman–Crippen LogP) is 3.36. The molecule has 4 nitrogen and oxygen atoms in total. The van der Waals surface area contributed by atoms with E-state index in [1.54, 1.807) is 18.3 Å². The third-order valence-electron chi connectivity index (χ3n) is 3.00. The van der Waals surface area contributed by atoms with Gasteiger partial charge in [-0.05, 0) is 37.6 Å². The third-order valence-corrected chi connectivity index (χ3v) is 3.00. The summed E-state index contributed by atoms with van der Waals surface area (Å²) in [6.07, 6.45) is 2.54. The number of hydrogen-bond donors (Lipinski definition) is 1. The molecule has 0 radical (unpaired) electrons. The van der Waals surface area contributed by atoms with E-state index >= 15 is 0 Å². The standard InChI is InChI=1S/C15H15FN4/c1-3-10(2)19-14-7-4-11(9-18-14)15-13(16)6-5-12(8-17)20-15/h4-7,9-10H,3H2,1-2H3,(H,18,19). The predicted molar refractivity (Wildman–Crippen MR) is 75.5 cm³/mol. The van der Waals surface area contributed by atoms with Crippen molar-refractivity contribution in [2.45, 2.75) is 26.3 Å². The van der Waals surface area contributed by atoms with Gasteiger partial charge in [-0.1, -0.05) is 6.92 Å². The number of nitrogens with zero attached hydrogens (tertiary/aromatic N) is 3. The van der Waals surface area contributed by atoms with E-state index in [0.29, 0.717) is 11.6 Å². The van der Waals surface area contributed by atoms with Gasteiger partial charge in [0.15, 0.2) is 0 Å². The molecular weight excluding hydrogens is 255 g/mol. The van der Waals surface area contributed by atoms with Crippen LogP contribution in [0.25, 0.3) is 11.3 Å². The third kappa shape index (κ3) is 3.09. The number of pyridine rings is 2. The van der Waals surface area contributed by atoms with Crippen LogP contribution < -0.4 is 5.32 Å². The van der Waals surface area contributed by atoms with Gasteiger partial charge in [0, 0.05) is 17.8 Å². The number of aromatic nitrogens is 2. The van der Waals surface area contributed by atoms with Crippen molar-refractivity contribution in [3.8, 4) is 17.3 Å². The Balaban J connectivity index is 2.28. The minimum Gasteiger partial charge on any atom is -0.368 e. The van der Waals surface area contributed by atoms with Crippen molar-refractivity contribution in [3.63, 3.8) is 0 Å². The fourth-order valence-electron chi connectivity index (χ4n) is 1.68. The van der Waals surface area contributed by atoms with Crippen molar-refractivity contribution in [1.29, 1.82) is 5.26 Å². The smallest absolute Gasteiger partial charge is 0.149 e. The second-order valence-electron chi connectivity index (χ2n) is 4.52. The van der Waals surface area contributed by atoms with Crippen LogP contribution in [-0.4, -0.2) is 16.0 Å². The Morgan fingerprint density at radius 3 is 2.75 bits per heavy atom. The van der Waals surface area contributed by atoms with Crippen LogP contribution in [0, 0.1) is 17.1 Å². The highest BCUT2D eigenvalue weighted by molar-refractivity contribution is 5.61. The van der Waals surface area contributed by atoms with E-state index in [-0.39, 0.29) is 11.4 Å². The Kier molecular flexibility index (Phi) is 4.26. The maximum Gasteiger partial charge on any atom is 0.149 e. The lowest BCUT2D eigenvalue weighted by molar-refractivity contribution is 0.625. The van der Waals surface area contributed by atoms with Gasteiger partial charge in [-0.3, -0.25) is 0 Å². The van der Waals surface area contributed by atoms with E-state index < -0.39 is 5.82 Å². The van der Waals surface area contributed by atoms with Gasteiger partial charge in [-0.25, -0.2) is 14.4 Å². The van der Waals surface area contributed by atoms with Gasteiger partial charge in [0.05, 0.1) is 0 Å². The number of rotatable bonds is 4. The average Bonchev–Trinajstić information content (AvgIpc) is 2.48. The molecule has 2 heterocycles. The van der Waals surface area contributed by atoms with Gasteiger partial charge in [0.25, 0.3) is 0 Å². The van der Waals surface area contributed by atoms with Gasteiger partial charge in [0.1, 0.15) is 29.1 Å². The summed E-state index contributed by atoms with van der Waals surface area (Å²) < 4.78 is 13.7. The number of hydrogen-bond acceptors (Lipinski definition) is 4. The second kappa shape index (κ2) is 6.11. The van der Waals surface area contributed by atoms with Gasteiger partial charge in [-0.15, -0.1) is 0 Å². The van der Waals surface area contributed by atoms with Crippen LogP contribution >= 0.6 is 0 Å². The van der Waals surface area contributed by atoms with Crippen LogP contribution in [0.4, 0.5) is 10.2 Å². The zero-order valence-corrected chi connectivity index (χ0v) is 11.4. The van der Waals surface area contributed by atoms with Crippen molar-refractivity contribution in [2.75, 3.05) is 5.32 Å². The highest BCUT2D eigenvalue weighted by Gasteiger charge is 2.09. The molecule has 2 rings (SSSR count). The molecule has 0 bridgehead atoms. The molecular formula is C15H15FN4. The summed E-state index contributed by atoms with van der Waals surface area (Å²) in [6.45, 7) is 4.14. The minimum absolute atomic E-state index is 0.145. The normalized spacial score (nSPS) is 11.7. The van der Waals surface area contributed by atoms with Crippen LogP contribution in [0.3, 0.4) is 0 Å². The maximum atomic E-state index is 13.7. The Morgan fingerprint density at radius 2 is 2.15 bits per heavy atom. The monoisotopic (exact) mass is 270 g/mol. The van der Waals surface area contributed by atoms with E-state index in [2.05, 4.69) is 29.1 Å². The lowest BCUT2D eigenvalue weighted by Gasteiger charge is -2.12. The molecule has 0 fully saturated rings. The summed E-state index contributed by atoms with van der Waals surface area (Å²) in [5, 5.41) is 12.0. The lowest BCUT2D eigenvalue weighted by atomic mass is 10.1. The molecule has 102 valence electrons. The van der Waals surface area contributed by atoms with Crippen molar-refractivity contribution in [3.05, 3.63) is 42.0 Å². The molecule has 20 heavy (non-hydrogen) atoms. The van der Waals surface area contributed by atoms with Gasteiger partial charge in [0.2, 0.25) is 0 Å². The van der Waals surface area contributed by atoms with Crippen LogP contribution in [-0.2, 0) is 0 Å². The Bertz CT molecular complexity index is 631. The molecule has 1 unspecified atom stereocenters. The Morgan fingerprint density at radius 1 is 1.35 bits per heavy atom. The van der Waals surface area contributed by atoms with E-state index in [1.165, 1.54) is 12.1 Å². The first-order valence-electron chi connectivity index (χ1n) is 6.43. The number of nitrogens with one attached hydrogen (secondary N) is 1. The highest BCUT2D eigenvalue weighted by Crippen LogP contribution is 2.21. The molecule has 2 aromatic rings. The fraction of sp³-hybridized carbons (Fsp3) is 0.267. The second-order valence-corrected chi connectivity index (χ2v) is 4.52. The number of nitriles is 1. The molecule has 5 heteroatoms. The zero-order valence-electron chi connectivity index (χ0n) is 11.4. The summed E-state index contributed by atoms with van der Waals surface area (Å²) >= 11 is 0. The molecule has 0 saturated heterocycles. The molecule has 1 N–H and O–H groups in total. The minimum atomic E-state index is -0.464. The highest BCUT2D eigenvalue weighted by atomic mass is 19.1. The molecule has 2 aromatic heterocycles. The summed E-state index contributed by atoms with van der Waals surface area (Å²) in [5.41, 5.74) is 0.879. The van der Waals surface area contributed by atoms with Gasteiger partial charge < -0.3 is 5.32 Å². The summed E-state index contributed by atoms with van der Waals surface area (Å²) in [4.78, 5) is 8.21. The van der Waals surface area contributed by atoms with E-state index in [9.17, 15) is 4.39 Å². The first-order chi connectivity index (χ1) is 9.63. The first-order valence-corrected chi connectivity index (χ1v) is 6.43. The SMILES string of the molecule is CCC(C)Nc1ccc(-c2nc(C#N)ccc2F)cn1. The van der Waals surface area contributed by atoms with Crippen molar-refractivity contribution < 1.29 is 4.39 Å². The van der Waals surface area contributed by atoms with Crippen LogP contribution in [0.2, 0.25) is 0 Å². The molecule has 0 aliphatic carbocycles. The molecule has 0 spiro atoms. The van der Waals surface area contributed by atoms with Crippen LogP contribution in [0.15, 0.2) is 30.5 Å². The molecule has 0 saturated carbocycles. The van der Waals surface area contributed by atoms with Crippen molar-refractivity contribution >= 4 is 5.82 Å². The van der Waals surface area contributed by atoms with Gasteiger partial charge >= 0.3 is 0 Å². The maximum absolute atomic E-state index is 13.7. The van der Waals surface area contributed by atoms with E-state index in [0.717, 1.165) is 12.2 Å². The Labute approximate surface area is 117 Å². The van der Waals surface area contributed by atoms with E-state index in [4.69, 9.17) is 5.26 Å². The molecule has 0 aliphatic rings.